The van der Waals surface area contributed by atoms with Gasteiger partial charge in [-0.3, -0.25) is 0 Å². The molecule has 0 spiro atoms. The van der Waals surface area contributed by atoms with Crippen LogP contribution in [0.3, 0.4) is 0 Å². The molecule has 2 aliphatic heterocycles. The highest BCUT2D eigenvalue weighted by Gasteiger charge is 2.75. The van der Waals surface area contributed by atoms with Crippen molar-refractivity contribution in [2.45, 2.75) is 43.6 Å². The fraction of sp³-hybridized carbons (Fsp3) is 0.440. The summed E-state index contributed by atoms with van der Waals surface area (Å²) in [6, 6.07) is 9.84. The third-order valence-electron chi connectivity index (χ3n) is 7.08. The zero-order chi connectivity index (χ0) is 25.7. The van der Waals surface area contributed by atoms with Crippen molar-refractivity contribution in [1.29, 1.82) is 0 Å². The number of alkyl halides is 6. The first-order valence-corrected chi connectivity index (χ1v) is 11.9. The molecule has 5 rings (SSSR count). The number of hydrogen-bond donors (Lipinski definition) is 1. The zero-order valence-corrected chi connectivity index (χ0v) is 19.7. The second-order valence-electron chi connectivity index (χ2n) is 9.29. The van der Waals surface area contributed by atoms with Gasteiger partial charge in [-0.2, -0.15) is 26.3 Å². The molecule has 3 aromatic rings. The van der Waals surface area contributed by atoms with Crippen molar-refractivity contribution in [1.82, 2.24) is 4.98 Å². The molecule has 1 saturated heterocycles. The summed E-state index contributed by atoms with van der Waals surface area (Å²) in [5.74, 6) is -0.203. The predicted octanol–water partition coefficient (Wildman–Crippen LogP) is 7.31. The normalized spacial score (nSPS) is 18.6. The van der Waals surface area contributed by atoms with E-state index in [0.29, 0.717) is 29.7 Å². The monoisotopic (exact) mass is 532 g/mol. The lowest BCUT2D eigenvalue weighted by Crippen LogP contribution is -2.65. The number of para-hydroxylation sites is 1. The van der Waals surface area contributed by atoms with Gasteiger partial charge in [-0.05, 0) is 61.4 Å². The molecule has 0 saturated carbocycles. The molecule has 3 heterocycles. The van der Waals surface area contributed by atoms with Gasteiger partial charge in [-0.25, -0.2) is 0 Å². The van der Waals surface area contributed by atoms with Crippen LogP contribution in [0.15, 0.2) is 42.6 Å². The minimum atomic E-state index is -5.69. The molecule has 36 heavy (non-hydrogen) atoms. The van der Waals surface area contributed by atoms with Crippen LogP contribution in [0.2, 0.25) is 5.02 Å². The van der Waals surface area contributed by atoms with E-state index in [2.05, 4.69) is 9.72 Å². The molecule has 0 atom stereocenters. The fourth-order valence-electron chi connectivity index (χ4n) is 5.00. The van der Waals surface area contributed by atoms with E-state index >= 15 is 0 Å². The number of H-pyrrole nitrogens is 1. The molecule has 1 N–H and O–H groups in total. The summed E-state index contributed by atoms with van der Waals surface area (Å²) in [6.45, 7) is -0.467. The van der Waals surface area contributed by atoms with Crippen molar-refractivity contribution >= 4 is 28.2 Å². The Bertz CT molecular complexity index is 1230. The van der Waals surface area contributed by atoms with Crippen molar-refractivity contribution in [3.8, 4) is 11.5 Å². The number of rotatable bonds is 4. The maximum atomic E-state index is 13.4. The van der Waals surface area contributed by atoms with E-state index in [1.807, 2.05) is 29.3 Å². The number of aromatic amines is 1. The molecule has 0 radical (unpaired) electrons. The maximum Gasteiger partial charge on any atom is 0.441 e. The van der Waals surface area contributed by atoms with Gasteiger partial charge < -0.3 is 19.4 Å². The van der Waals surface area contributed by atoms with Gasteiger partial charge in [0.05, 0.1) is 5.69 Å². The molecule has 0 aliphatic carbocycles. The van der Waals surface area contributed by atoms with E-state index in [1.54, 1.807) is 6.07 Å². The second kappa shape index (κ2) is 8.97. The van der Waals surface area contributed by atoms with Gasteiger partial charge in [0.1, 0.15) is 6.61 Å². The minimum Gasteiger partial charge on any atom is -0.483 e. The number of aromatic nitrogens is 1. The van der Waals surface area contributed by atoms with Crippen molar-refractivity contribution < 1.29 is 35.8 Å². The van der Waals surface area contributed by atoms with Crippen molar-refractivity contribution in [2.24, 2.45) is 5.92 Å². The van der Waals surface area contributed by atoms with E-state index in [9.17, 15) is 26.3 Å². The lowest BCUT2D eigenvalue weighted by Gasteiger charge is -2.42. The van der Waals surface area contributed by atoms with E-state index in [0.717, 1.165) is 42.7 Å². The summed E-state index contributed by atoms with van der Waals surface area (Å²) < 4.78 is 90.3. The number of nitrogens with one attached hydrogen (secondary N) is 1. The van der Waals surface area contributed by atoms with Crippen LogP contribution in [0, 0.1) is 5.92 Å². The molecule has 2 aromatic carbocycles. The van der Waals surface area contributed by atoms with Gasteiger partial charge in [-0.15, -0.1) is 0 Å². The summed E-state index contributed by atoms with van der Waals surface area (Å²) in [4.78, 5) is 5.17. The van der Waals surface area contributed by atoms with E-state index in [-0.39, 0.29) is 5.75 Å². The number of halogens is 7. The molecular weight excluding hydrogens is 510 g/mol. The summed E-state index contributed by atoms with van der Waals surface area (Å²) in [7, 11) is 0. The highest BCUT2D eigenvalue weighted by Crippen LogP contribution is 2.52. The smallest absolute Gasteiger partial charge is 0.441 e. The number of anilines is 1. The highest BCUT2D eigenvalue weighted by atomic mass is 35.5. The molecule has 1 fully saturated rings. The summed E-state index contributed by atoms with van der Waals surface area (Å²) in [5, 5.41) is 1.81. The lowest BCUT2D eigenvalue weighted by molar-refractivity contribution is -0.367. The van der Waals surface area contributed by atoms with Gasteiger partial charge in [0, 0.05) is 35.2 Å². The van der Waals surface area contributed by atoms with E-state index in [1.165, 1.54) is 11.6 Å². The number of benzene rings is 2. The molecule has 1 aromatic heterocycles. The van der Waals surface area contributed by atoms with Crippen LogP contribution in [-0.4, -0.2) is 42.6 Å². The summed E-state index contributed by atoms with van der Waals surface area (Å²) >= 11 is 6.05. The minimum absolute atomic E-state index is 0.0856. The average Bonchev–Trinajstić information content (AvgIpc) is 3.23. The van der Waals surface area contributed by atoms with Crippen LogP contribution in [0.25, 0.3) is 10.9 Å². The Morgan fingerprint density at radius 2 is 1.75 bits per heavy atom. The van der Waals surface area contributed by atoms with Crippen LogP contribution < -0.4 is 14.4 Å². The van der Waals surface area contributed by atoms with Gasteiger partial charge in [0.25, 0.3) is 0 Å². The standard InChI is InChI=1S/C25H23ClF6N2O2/c26-17-6-7-18-16(13-33-19(18)12-17)5-4-15-8-10-34(11-9-15)20-2-1-3-21-22(20)35-14-23(36-21,24(27,28)29)25(30,31)32/h1-3,6-7,12-13,15,33H,4-5,8-11,14H2. The molecule has 194 valence electrons. The molecule has 0 bridgehead atoms. The average molecular weight is 533 g/mol. The third-order valence-corrected chi connectivity index (χ3v) is 7.32. The van der Waals surface area contributed by atoms with Crippen LogP contribution >= 0.6 is 11.6 Å². The van der Waals surface area contributed by atoms with Gasteiger partial charge in [0.2, 0.25) is 0 Å². The largest absolute Gasteiger partial charge is 0.483 e. The predicted molar refractivity (Wildman–Crippen MR) is 124 cm³/mol. The number of piperidine rings is 1. The lowest BCUT2D eigenvalue weighted by atomic mass is 9.90. The number of nitrogens with zero attached hydrogens (tertiary/aromatic N) is 1. The van der Waals surface area contributed by atoms with Gasteiger partial charge in [-0.1, -0.05) is 23.7 Å². The number of ether oxygens (including phenoxy) is 2. The Morgan fingerprint density at radius 1 is 1.03 bits per heavy atom. The topological polar surface area (TPSA) is 37.5 Å². The Kier molecular flexibility index (Phi) is 6.21. The third kappa shape index (κ3) is 4.33. The first-order chi connectivity index (χ1) is 17.0. The maximum absolute atomic E-state index is 13.4. The Morgan fingerprint density at radius 3 is 2.44 bits per heavy atom. The van der Waals surface area contributed by atoms with Crippen LogP contribution in [-0.2, 0) is 6.42 Å². The first-order valence-electron chi connectivity index (χ1n) is 11.6. The molecule has 2 aliphatic rings. The van der Waals surface area contributed by atoms with E-state index < -0.39 is 30.3 Å². The molecule has 4 nitrogen and oxygen atoms in total. The molecule has 0 amide bonds. The molecule has 11 heteroatoms. The number of hydrogen-bond acceptors (Lipinski definition) is 3. The quantitative estimate of drug-likeness (QED) is 0.358. The first kappa shape index (κ1) is 24.9. The van der Waals surface area contributed by atoms with Crippen molar-refractivity contribution in [3.05, 3.63) is 53.2 Å². The second-order valence-corrected chi connectivity index (χ2v) is 9.73. The van der Waals surface area contributed by atoms with Crippen LogP contribution in [0.5, 0.6) is 11.5 Å². The Hall–Kier alpha value is -2.75. The molecular formula is C25H23ClF6N2O2. The van der Waals surface area contributed by atoms with Gasteiger partial charge >= 0.3 is 18.0 Å². The van der Waals surface area contributed by atoms with Crippen LogP contribution in [0.4, 0.5) is 32.0 Å². The zero-order valence-electron chi connectivity index (χ0n) is 19.0. The Labute approximate surface area is 208 Å². The highest BCUT2D eigenvalue weighted by molar-refractivity contribution is 6.31. The SMILES string of the molecule is FC(F)(F)C1(C(F)(F)F)COc2c(cccc2N2CCC(CCc3c[nH]c4cc(Cl)ccc34)CC2)O1. The summed E-state index contributed by atoms with van der Waals surface area (Å²) in [5.41, 5.74) is -1.75. The van der Waals surface area contributed by atoms with Crippen molar-refractivity contribution in [3.63, 3.8) is 0 Å². The number of fused-ring (bicyclic) bond motifs is 2. The number of aryl methyl sites for hydroxylation is 1. The van der Waals surface area contributed by atoms with E-state index in [4.69, 9.17) is 16.3 Å². The summed E-state index contributed by atoms with van der Waals surface area (Å²) in [6.07, 6.45) is -5.84. The van der Waals surface area contributed by atoms with Crippen molar-refractivity contribution in [2.75, 3.05) is 24.6 Å². The van der Waals surface area contributed by atoms with Crippen LogP contribution in [0.1, 0.15) is 24.8 Å². The Balaban J connectivity index is 1.25. The molecule has 0 unspecified atom stereocenters. The van der Waals surface area contributed by atoms with Gasteiger partial charge in [0.15, 0.2) is 11.5 Å². The fourth-order valence-corrected chi connectivity index (χ4v) is 5.17.